The predicted molar refractivity (Wildman–Crippen MR) is 325 cm³/mol. The summed E-state index contributed by atoms with van der Waals surface area (Å²) in [5.74, 6) is 0. The van der Waals surface area contributed by atoms with Crippen molar-refractivity contribution >= 4 is 138 Å². The van der Waals surface area contributed by atoms with Crippen molar-refractivity contribution in [3.8, 4) is 0 Å². The topological polar surface area (TPSA) is 6.48 Å². The van der Waals surface area contributed by atoms with Gasteiger partial charge >= 0.3 is 0 Å². The van der Waals surface area contributed by atoms with Crippen LogP contribution >= 0.6 is 23.5 Å². The molecule has 0 atom stereocenters. The number of hydrogen-bond donors (Lipinski definition) is 0. The first-order chi connectivity index (χ1) is 37.0. The van der Waals surface area contributed by atoms with Crippen molar-refractivity contribution < 1.29 is 0 Å². The van der Waals surface area contributed by atoms with Crippen LogP contribution in [0.1, 0.15) is 11.1 Å². The summed E-state index contributed by atoms with van der Waals surface area (Å²) in [5, 5.41) is 11.3. The van der Waals surface area contributed by atoms with Gasteiger partial charge in [0.2, 0.25) is 6.71 Å². The van der Waals surface area contributed by atoms with Gasteiger partial charge in [-0.15, -0.1) is 0 Å². The van der Waals surface area contributed by atoms with Gasteiger partial charge in [-0.2, -0.15) is 0 Å². The van der Waals surface area contributed by atoms with Crippen LogP contribution in [0, 0.1) is 13.8 Å². The first-order valence-corrected chi connectivity index (χ1v) is 31.7. The fourth-order valence-electron chi connectivity index (χ4n) is 13.4. The third kappa shape index (κ3) is 6.55. The van der Waals surface area contributed by atoms with Gasteiger partial charge in [0.1, 0.15) is 0 Å². The molecule has 2 nitrogen and oxygen atoms in total. The van der Waals surface area contributed by atoms with Crippen LogP contribution in [0.3, 0.4) is 0 Å². The number of fused-ring (bicyclic) bond motifs is 8. The molecule has 0 saturated carbocycles. The van der Waals surface area contributed by atoms with Gasteiger partial charge in [-0.05, 0) is 121 Å². The van der Waals surface area contributed by atoms with Crippen molar-refractivity contribution in [3.05, 3.63) is 272 Å². The van der Waals surface area contributed by atoms with Gasteiger partial charge in [-0.25, -0.2) is 0 Å². The number of aryl methyl sites for hydroxylation is 2. The van der Waals surface area contributed by atoms with Crippen molar-refractivity contribution in [2.24, 2.45) is 0 Å². The van der Waals surface area contributed by atoms with Gasteiger partial charge in [-0.1, -0.05) is 246 Å². The summed E-state index contributed by atoms with van der Waals surface area (Å²) in [5.41, 5.74) is 14.1. The van der Waals surface area contributed by atoms with E-state index in [1.807, 2.05) is 23.5 Å². The fourth-order valence-corrected chi connectivity index (χ4v) is 26.3. The third-order valence-corrected chi connectivity index (χ3v) is 28.4. The molecule has 0 saturated heterocycles. The van der Waals surface area contributed by atoms with E-state index in [4.69, 9.17) is 0 Å². The summed E-state index contributed by atoms with van der Waals surface area (Å²) >= 11 is 3.87. The van der Waals surface area contributed by atoms with Crippen molar-refractivity contribution in [1.29, 1.82) is 0 Å². The minimum atomic E-state index is -2.79. The van der Waals surface area contributed by atoms with Gasteiger partial charge in [-0.3, -0.25) is 0 Å². The quantitative estimate of drug-likeness (QED) is 0.153. The lowest BCUT2D eigenvalue weighted by Gasteiger charge is -2.45. The van der Waals surface area contributed by atoms with E-state index in [1.165, 1.54) is 123 Å². The number of hydrogen-bond acceptors (Lipinski definition) is 4. The van der Waals surface area contributed by atoms with Crippen LogP contribution in [0.5, 0.6) is 0 Å². The van der Waals surface area contributed by atoms with Crippen molar-refractivity contribution in [1.82, 2.24) is 0 Å². The Morgan fingerprint density at radius 2 is 0.667 bits per heavy atom. The van der Waals surface area contributed by atoms with Crippen LogP contribution in [0.25, 0.3) is 0 Å². The number of para-hydroxylation sites is 2. The third-order valence-electron chi connectivity index (χ3n) is 16.4. The minimum absolute atomic E-state index is 0.103. The molecule has 4 aliphatic rings. The van der Waals surface area contributed by atoms with Crippen LogP contribution in [-0.4, -0.2) is 22.9 Å². The number of nitrogens with zero attached hydrogens (tertiary/aromatic N) is 2. The van der Waals surface area contributed by atoms with Crippen molar-refractivity contribution in [2.75, 3.05) is 9.80 Å². The molecule has 0 aromatic heterocycles. The number of anilines is 6. The summed E-state index contributed by atoms with van der Waals surface area (Å²) in [6.07, 6.45) is 0. The minimum Gasteiger partial charge on any atom is -0.311 e. The highest BCUT2D eigenvalue weighted by Crippen LogP contribution is 2.45. The van der Waals surface area contributed by atoms with E-state index in [-0.39, 0.29) is 6.71 Å². The maximum atomic E-state index is 2.58. The summed E-state index contributed by atoms with van der Waals surface area (Å²) in [6.45, 7) is 4.61. The van der Waals surface area contributed by atoms with E-state index in [1.54, 1.807) is 0 Å². The Hall–Kier alpha value is -7.78. The van der Waals surface area contributed by atoms with E-state index in [0.29, 0.717) is 0 Å². The average molecular weight is 1030 g/mol. The van der Waals surface area contributed by atoms with Crippen molar-refractivity contribution in [2.45, 2.75) is 33.4 Å². The second kappa shape index (κ2) is 17.4. The second-order valence-electron chi connectivity index (χ2n) is 20.5. The Balaban J connectivity index is 0.879. The molecule has 0 amide bonds. The molecular weight excluding hydrogens is 976 g/mol. The highest BCUT2D eigenvalue weighted by atomic mass is 32.2. The molecule has 0 spiro atoms. The predicted octanol–water partition coefficient (Wildman–Crippen LogP) is 10.1. The number of benzene rings is 11. The molecule has 0 radical (unpaired) electrons. The monoisotopic (exact) mass is 1020 g/mol. The van der Waals surface area contributed by atoms with Crippen LogP contribution in [0.4, 0.5) is 34.1 Å². The van der Waals surface area contributed by atoms with Crippen LogP contribution in [0.15, 0.2) is 280 Å². The zero-order valence-electron chi connectivity index (χ0n) is 41.6. The van der Waals surface area contributed by atoms with Gasteiger partial charge in [0.25, 0.3) is 0 Å². The maximum Gasteiger partial charge on any atom is 0.247 e. The Morgan fingerprint density at radius 1 is 0.307 bits per heavy atom. The molecule has 75 heavy (non-hydrogen) atoms. The first kappa shape index (κ1) is 44.7. The van der Waals surface area contributed by atoms with Gasteiger partial charge < -0.3 is 9.80 Å². The van der Waals surface area contributed by atoms with Crippen LogP contribution in [-0.2, 0) is 0 Å². The molecule has 7 heteroatoms. The van der Waals surface area contributed by atoms with Crippen LogP contribution in [0.2, 0.25) is 0 Å². The largest absolute Gasteiger partial charge is 0.311 e. The summed E-state index contributed by atoms with van der Waals surface area (Å²) in [6, 6.07) is 99.9. The Kier molecular flexibility index (Phi) is 10.4. The molecule has 4 heterocycles. The summed E-state index contributed by atoms with van der Waals surface area (Å²) in [4.78, 5) is 10.4. The first-order valence-electron chi connectivity index (χ1n) is 26.0. The molecule has 11 aromatic carbocycles. The normalized spacial score (nSPS) is 14.8. The summed E-state index contributed by atoms with van der Waals surface area (Å²) < 4.78 is 0. The summed E-state index contributed by atoms with van der Waals surface area (Å²) in [7, 11) is -5.52. The smallest absolute Gasteiger partial charge is 0.247 e. The van der Waals surface area contributed by atoms with E-state index in [9.17, 15) is 0 Å². The van der Waals surface area contributed by atoms with E-state index >= 15 is 0 Å². The lowest BCUT2D eigenvalue weighted by Crippen LogP contribution is -2.77. The second-order valence-corrected chi connectivity index (χ2v) is 30.1. The molecule has 0 N–H and O–H groups in total. The van der Waals surface area contributed by atoms with Gasteiger partial charge in [0.15, 0.2) is 16.1 Å². The highest BCUT2D eigenvalue weighted by molar-refractivity contribution is 8.01. The van der Waals surface area contributed by atoms with Crippen LogP contribution < -0.4 is 67.7 Å². The molecule has 15 rings (SSSR count). The zero-order chi connectivity index (χ0) is 49.8. The van der Waals surface area contributed by atoms with E-state index in [2.05, 4.69) is 285 Å². The molecule has 0 bridgehead atoms. The average Bonchev–Trinajstić information content (AvgIpc) is 3.50. The molecular formula is C68H49BN2S2Si2. The Labute approximate surface area is 450 Å². The molecule has 0 fully saturated rings. The molecule has 11 aromatic rings. The molecule has 4 aliphatic heterocycles. The maximum absolute atomic E-state index is 2.79. The number of rotatable bonds is 6. The SMILES string of the molecule is Cc1ccc2c(c1)[Si](c1ccccc1)(c1ccccc1)c1cc(C)ccc1N2c1ccc2c(c1)Sc1cccc3c1B2c1ccc(N2c4ccccc4[Si](c4ccccc4)(c4ccccc4)c4ccccc42)cc1S3. The zero-order valence-corrected chi connectivity index (χ0v) is 45.2. The van der Waals surface area contributed by atoms with E-state index in [0.717, 1.165) is 0 Å². The fraction of sp³-hybridized carbons (Fsp3) is 0.0294. The molecule has 354 valence electrons. The van der Waals surface area contributed by atoms with Gasteiger partial charge in [0.05, 0.1) is 0 Å². The van der Waals surface area contributed by atoms with Crippen molar-refractivity contribution in [3.63, 3.8) is 0 Å². The standard InChI is InChI=1S/C68H49BN2S2Si2/c1-46-34-40-58-66(42-46)75(52-24-11-5-12-25-52,53-26-13-6-14-27-53)67-43-47(2)35-41-59(67)71(58)49-37-39-55-63(45-49)73-61-31-19-30-60-68(61)69(55)54-38-36-48(44-62(54)72-60)70-56-28-15-17-32-64(56)74(50-20-7-3-8-21-50,51-22-9-4-10-23-51)65-33-18-16-29-57(65)70/h3-45H,1-2H3. The van der Waals surface area contributed by atoms with E-state index < -0.39 is 16.1 Å². The Bertz CT molecular complexity index is 3890. The molecule has 0 aliphatic carbocycles. The highest BCUT2D eigenvalue weighted by Gasteiger charge is 2.51. The van der Waals surface area contributed by atoms with Gasteiger partial charge in [0, 0.05) is 53.7 Å². The lowest BCUT2D eigenvalue weighted by atomic mass is 9.36. The lowest BCUT2D eigenvalue weighted by molar-refractivity contribution is 1.25. The Morgan fingerprint density at radius 3 is 1.08 bits per heavy atom. The molecule has 0 unspecified atom stereocenters.